The van der Waals surface area contributed by atoms with Crippen molar-refractivity contribution in [2.45, 2.75) is 13.3 Å². The maximum Gasteiger partial charge on any atom is 0.317 e. The third-order valence-corrected chi connectivity index (χ3v) is 3.24. The molecule has 78 valence electrons. The Labute approximate surface area is 78.1 Å². The van der Waals surface area contributed by atoms with Crippen LogP contribution in [0.4, 0.5) is 0 Å². The van der Waals surface area contributed by atoms with Gasteiger partial charge in [-0.05, 0) is 6.42 Å². The molecule has 2 N–H and O–H groups in total. The maximum absolute atomic E-state index is 11.1. The van der Waals surface area contributed by atoms with Crippen LogP contribution in [0.3, 0.4) is 0 Å². The highest BCUT2D eigenvalue weighted by atomic mass is 32.2. The number of aliphatic carboxylic acids is 1. The lowest BCUT2D eigenvalue weighted by atomic mass is 10.6. The lowest BCUT2D eigenvalue weighted by Crippen LogP contribution is -2.28. The van der Waals surface area contributed by atoms with Crippen LogP contribution in [0.5, 0.6) is 0 Å². The summed E-state index contributed by atoms with van der Waals surface area (Å²) in [6.45, 7) is 1.80. The van der Waals surface area contributed by atoms with Crippen molar-refractivity contribution in [2.24, 2.45) is 0 Å². The Balaban J connectivity index is 3.58. The molecule has 0 aliphatic carbocycles. The smallest absolute Gasteiger partial charge is 0.317 e. The van der Waals surface area contributed by atoms with Gasteiger partial charge in [0.05, 0.1) is 12.3 Å². The Kier molecular flexibility index (Phi) is 5.65. The van der Waals surface area contributed by atoms with E-state index in [9.17, 15) is 13.2 Å². The van der Waals surface area contributed by atoms with E-state index in [-0.39, 0.29) is 24.6 Å². The van der Waals surface area contributed by atoms with E-state index < -0.39 is 15.8 Å². The van der Waals surface area contributed by atoms with E-state index in [1.165, 1.54) is 0 Å². The van der Waals surface area contributed by atoms with Gasteiger partial charge in [0.25, 0.3) is 0 Å². The van der Waals surface area contributed by atoms with E-state index in [2.05, 4.69) is 5.32 Å². The second kappa shape index (κ2) is 5.93. The van der Waals surface area contributed by atoms with Crippen LogP contribution in [0, 0.1) is 0 Å². The van der Waals surface area contributed by atoms with Crippen molar-refractivity contribution in [2.75, 3.05) is 24.6 Å². The zero-order valence-electron chi connectivity index (χ0n) is 7.62. The molecule has 0 aromatic heterocycles. The van der Waals surface area contributed by atoms with Crippen LogP contribution in [0.25, 0.3) is 0 Å². The van der Waals surface area contributed by atoms with Crippen LogP contribution in [-0.4, -0.2) is 44.1 Å². The van der Waals surface area contributed by atoms with E-state index in [1.807, 2.05) is 0 Å². The van der Waals surface area contributed by atoms with Gasteiger partial charge >= 0.3 is 5.97 Å². The largest absolute Gasteiger partial charge is 0.480 e. The molecule has 0 aromatic carbocycles. The molecule has 0 radical (unpaired) electrons. The van der Waals surface area contributed by atoms with Gasteiger partial charge in [-0.25, -0.2) is 8.42 Å². The summed E-state index contributed by atoms with van der Waals surface area (Å²) < 4.78 is 22.2. The number of hydrogen-bond acceptors (Lipinski definition) is 4. The molecule has 0 aliphatic rings. The fourth-order valence-electron chi connectivity index (χ4n) is 0.836. The fraction of sp³-hybridized carbons (Fsp3) is 0.857. The number of rotatable bonds is 7. The summed E-state index contributed by atoms with van der Waals surface area (Å²) in [5.41, 5.74) is 0. The summed E-state index contributed by atoms with van der Waals surface area (Å²) >= 11 is 0. The topological polar surface area (TPSA) is 83.5 Å². The lowest BCUT2D eigenvalue weighted by molar-refractivity contribution is -0.135. The molecule has 0 heterocycles. The molecule has 0 amide bonds. The van der Waals surface area contributed by atoms with E-state index in [4.69, 9.17) is 5.11 Å². The summed E-state index contributed by atoms with van der Waals surface area (Å²) in [5, 5.41) is 10.8. The number of sulfone groups is 1. The molecular weight excluding hydrogens is 194 g/mol. The Morgan fingerprint density at radius 3 is 2.46 bits per heavy atom. The quantitative estimate of drug-likeness (QED) is 0.551. The molecule has 0 spiro atoms. The molecule has 0 aliphatic heterocycles. The van der Waals surface area contributed by atoms with Gasteiger partial charge in [0, 0.05) is 12.3 Å². The van der Waals surface area contributed by atoms with Gasteiger partial charge in [-0.3, -0.25) is 4.79 Å². The van der Waals surface area contributed by atoms with Crippen molar-refractivity contribution in [3.8, 4) is 0 Å². The molecule has 6 heteroatoms. The predicted octanol–water partition coefficient (Wildman–Crippen LogP) is -0.515. The molecule has 0 unspecified atom stereocenters. The van der Waals surface area contributed by atoms with Gasteiger partial charge in [0.1, 0.15) is 0 Å². The van der Waals surface area contributed by atoms with Gasteiger partial charge in [-0.1, -0.05) is 6.92 Å². The van der Waals surface area contributed by atoms with Crippen LogP contribution in [0.15, 0.2) is 0 Å². The first-order valence-corrected chi connectivity index (χ1v) is 5.93. The highest BCUT2D eigenvalue weighted by Crippen LogP contribution is 1.91. The summed E-state index contributed by atoms with van der Waals surface area (Å²) in [6.07, 6.45) is 0.598. The first kappa shape index (κ1) is 12.4. The van der Waals surface area contributed by atoms with Gasteiger partial charge in [0.2, 0.25) is 0 Å². The molecule has 0 rings (SSSR count). The number of carboxylic acid groups (broad SMARTS) is 1. The van der Waals surface area contributed by atoms with E-state index in [0.29, 0.717) is 6.42 Å². The first-order valence-electron chi connectivity index (χ1n) is 4.11. The highest BCUT2D eigenvalue weighted by molar-refractivity contribution is 7.91. The number of nitrogens with one attached hydrogen (secondary N) is 1. The monoisotopic (exact) mass is 209 g/mol. The van der Waals surface area contributed by atoms with Gasteiger partial charge < -0.3 is 10.4 Å². The van der Waals surface area contributed by atoms with Crippen molar-refractivity contribution in [3.63, 3.8) is 0 Å². The zero-order chi connectivity index (χ0) is 10.3. The Morgan fingerprint density at radius 1 is 1.38 bits per heavy atom. The van der Waals surface area contributed by atoms with Gasteiger partial charge in [-0.2, -0.15) is 0 Å². The van der Waals surface area contributed by atoms with E-state index in [0.717, 1.165) is 0 Å². The van der Waals surface area contributed by atoms with Crippen LogP contribution in [0.1, 0.15) is 13.3 Å². The standard InChI is InChI=1S/C7H15NO4S/c1-2-4-13(11,12)5-3-8-6-7(9)10/h8H,2-6H2,1H3,(H,9,10). The molecule has 0 fully saturated rings. The van der Waals surface area contributed by atoms with Crippen molar-refractivity contribution >= 4 is 15.8 Å². The summed E-state index contributed by atoms with van der Waals surface area (Å²) in [4.78, 5) is 10.0. The molecule has 13 heavy (non-hydrogen) atoms. The Morgan fingerprint density at radius 2 is 2.00 bits per heavy atom. The minimum absolute atomic E-state index is 0.00806. The average molecular weight is 209 g/mol. The number of carbonyl (C=O) groups is 1. The van der Waals surface area contributed by atoms with Crippen LogP contribution in [-0.2, 0) is 14.6 Å². The average Bonchev–Trinajstić information content (AvgIpc) is 1.98. The molecule has 0 atom stereocenters. The molecule has 0 saturated carbocycles. The van der Waals surface area contributed by atoms with Crippen LogP contribution < -0.4 is 5.32 Å². The molecular formula is C7H15NO4S. The second-order valence-electron chi connectivity index (χ2n) is 2.72. The van der Waals surface area contributed by atoms with Crippen molar-refractivity contribution in [1.29, 1.82) is 0 Å². The van der Waals surface area contributed by atoms with Crippen LogP contribution >= 0.6 is 0 Å². The second-order valence-corrected chi connectivity index (χ2v) is 5.03. The summed E-state index contributed by atoms with van der Waals surface area (Å²) in [7, 11) is -2.99. The molecule has 0 saturated heterocycles. The highest BCUT2D eigenvalue weighted by Gasteiger charge is 2.08. The van der Waals surface area contributed by atoms with E-state index >= 15 is 0 Å². The first-order chi connectivity index (χ1) is 5.98. The van der Waals surface area contributed by atoms with E-state index in [1.54, 1.807) is 6.92 Å². The van der Waals surface area contributed by atoms with Crippen molar-refractivity contribution in [1.82, 2.24) is 5.32 Å². The minimum atomic E-state index is -2.99. The number of hydrogen-bond donors (Lipinski definition) is 2. The normalized spacial score (nSPS) is 11.5. The summed E-state index contributed by atoms with van der Waals surface area (Å²) in [6, 6.07) is 0. The predicted molar refractivity (Wildman–Crippen MR) is 49.5 cm³/mol. The lowest BCUT2D eigenvalue weighted by Gasteiger charge is -2.02. The minimum Gasteiger partial charge on any atom is -0.480 e. The number of carboxylic acids is 1. The summed E-state index contributed by atoms with van der Waals surface area (Å²) in [5.74, 6) is -0.802. The van der Waals surface area contributed by atoms with Gasteiger partial charge in [0.15, 0.2) is 9.84 Å². The zero-order valence-corrected chi connectivity index (χ0v) is 8.43. The van der Waals surface area contributed by atoms with Crippen molar-refractivity contribution < 1.29 is 18.3 Å². The SMILES string of the molecule is CCCS(=O)(=O)CCNCC(=O)O. The fourth-order valence-corrected chi connectivity index (χ4v) is 2.12. The van der Waals surface area contributed by atoms with Crippen LogP contribution in [0.2, 0.25) is 0 Å². The third-order valence-electron chi connectivity index (χ3n) is 1.38. The van der Waals surface area contributed by atoms with Gasteiger partial charge in [-0.15, -0.1) is 0 Å². The molecule has 0 aromatic rings. The molecule has 0 bridgehead atoms. The molecule has 5 nitrogen and oxygen atoms in total. The third kappa shape index (κ3) is 7.73. The van der Waals surface area contributed by atoms with Crippen molar-refractivity contribution in [3.05, 3.63) is 0 Å². The Bertz CT molecular complexity index is 247. The maximum atomic E-state index is 11.1. The Hall–Kier alpha value is -0.620.